The Morgan fingerprint density at radius 2 is 1.95 bits per heavy atom. The normalized spacial score (nSPS) is 10.7. The molecule has 0 aliphatic rings. The van der Waals surface area contributed by atoms with Crippen molar-refractivity contribution >= 4 is 17.5 Å². The standard InChI is InChI=1S/C16H13NO4/c1-11-6-8-15(18)13(10-11)16(19)9-7-12-4-2-3-5-14(12)17(20)21/h2-10,18H,1H3/b9-7+. The number of carbonyl (C=O) groups is 1. The van der Waals surface area contributed by atoms with Crippen molar-refractivity contribution in [1.82, 2.24) is 0 Å². The molecule has 2 aromatic rings. The molecule has 0 saturated heterocycles. The van der Waals surface area contributed by atoms with Gasteiger partial charge in [-0.1, -0.05) is 23.8 Å². The average molecular weight is 283 g/mol. The molecule has 0 saturated carbocycles. The summed E-state index contributed by atoms with van der Waals surface area (Å²) in [4.78, 5) is 22.4. The quantitative estimate of drug-likeness (QED) is 0.403. The van der Waals surface area contributed by atoms with Gasteiger partial charge in [0.2, 0.25) is 0 Å². The molecule has 0 aromatic heterocycles. The van der Waals surface area contributed by atoms with E-state index in [1.807, 2.05) is 6.92 Å². The van der Waals surface area contributed by atoms with Gasteiger partial charge in [0.1, 0.15) is 5.75 Å². The van der Waals surface area contributed by atoms with Gasteiger partial charge in [-0.05, 0) is 37.3 Å². The molecule has 1 N–H and O–H groups in total. The molecule has 0 unspecified atom stereocenters. The Morgan fingerprint density at radius 1 is 1.24 bits per heavy atom. The molecule has 0 radical (unpaired) electrons. The van der Waals surface area contributed by atoms with Gasteiger partial charge in [-0.3, -0.25) is 14.9 Å². The molecule has 0 atom stereocenters. The van der Waals surface area contributed by atoms with Crippen molar-refractivity contribution in [3.63, 3.8) is 0 Å². The van der Waals surface area contributed by atoms with Crippen molar-refractivity contribution in [2.75, 3.05) is 0 Å². The fraction of sp³-hybridized carbons (Fsp3) is 0.0625. The molecule has 0 aliphatic carbocycles. The molecule has 0 amide bonds. The van der Waals surface area contributed by atoms with E-state index in [4.69, 9.17) is 0 Å². The average Bonchev–Trinajstić information content (AvgIpc) is 2.47. The number of hydrogen-bond donors (Lipinski definition) is 1. The minimum atomic E-state index is -0.506. The van der Waals surface area contributed by atoms with Gasteiger partial charge < -0.3 is 5.11 Å². The van der Waals surface area contributed by atoms with Gasteiger partial charge in [-0.2, -0.15) is 0 Å². The second-order valence-corrected chi connectivity index (χ2v) is 4.53. The van der Waals surface area contributed by atoms with E-state index in [-0.39, 0.29) is 17.0 Å². The summed E-state index contributed by atoms with van der Waals surface area (Å²) in [5.41, 5.74) is 1.28. The van der Waals surface area contributed by atoms with E-state index in [0.717, 1.165) is 5.56 Å². The molecule has 2 aromatic carbocycles. The number of rotatable bonds is 4. The van der Waals surface area contributed by atoms with Crippen LogP contribution in [0.5, 0.6) is 5.75 Å². The zero-order chi connectivity index (χ0) is 15.4. The van der Waals surface area contributed by atoms with Crippen molar-refractivity contribution in [3.05, 3.63) is 75.3 Å². The maximum absolute atomic E-state index is 12.1. The number of phenolic OH excluding ortho intramolecular Hbond substituents is 1. The summed E-state index contributed by atoms with van der Waals surface area (Å²) < 4.78 is 0. The maximum atomic E-state index is 12.1. The first-order chi connectivity index (χ1) is 9.99. The third kappa shape index (κ3) is 3.33. The van der Waals surface area contributed by atoms with Crippen molar-refractivity contribution in [2.24, 2.45) is 0 Å². The third-order valence-electron chi connectivity index (χ3n) is 2.97. The molecule has 5 nitrogen and oxygen atoms in total. The Bertz CT molecular complexity index is 735. The van der Waals surface area contributed by atoms with Gasteiger partial charge in [0, 0.05) is 6.07 Å². The molecular weight excluding hydrogens is 270 g/mol. The van der Waals surface area contributed by atoms with Gasteiger partial charge in [-0.25, -0.2) is 0 Å². The first-order valence-electron chi connectivity index (χ1n) is 6.24. The van der Waals surface area contributed by atoms with Crippen molar-refractivity contribution in [2.45, 2.75) is 6.92 Å². The fourth-order valence-electron chi connectivity index (χ4n) is 1.90. The number of nitro groups is 1. The van der Waals surface area contributed by atoms with Crippen LogP contribution < -0.4 is 0 Å². The van der Waals surface area contributed by atoms with Gasteiger partial charge in [-0.15, -0.1) is 0 Å². The van der Waals surface area contributed by atoms with Gasteiger partial charge in [0.05, 0.1) is 16.1 Å². The van der Waals surface area contributed by atoms with E-state index >= 15 is 0 Å². The predicted molar refractivity (Wildman–Crippen MR) is 79.3 cm³/mol. The zero-order valence-corrected chi connectivity index (χ0v) is 11.3. The summed E-state index contributed by atoms with van der Waals surface area (Å²) in [5.74, 6) is -0.521. The summed E-state index contributed by atoms with van der Waals surface area (Å²) in [6, 6.07) is 10.8. The molecule has 0 fully saturated rings. The highest BCUT2D eigenvalue weighted by molar-refractivity contribution is 6.08. The Balaban J connectivity index is 2.31. The number of para-hydroxylation sites is 1. The molecular formula is C16H13NO4. The smallest absolute Gasteiger partial charge is 0.276 e. The highest BCUT2D eigenvalue weighted by Crippen LogP contribution is 2.22. The van der Waals surface area contributed by atoms with E-state index in [0.29, 0.717) is 5.56 Å². The van der Waals surface area contributed by atoms with Crippen molar-refractivity contribution in [1.29, 1.82) is 0 Å². The van der Waals surface area contributed by atoms with Crippen LogP contribution in [-0.4, -0.2) is 15.8 Å². The van der Waals surface area contributed by atoms with Crippen LogP contribution in [0.4, 0.5) is 5.69 Å². The lowest BCUT2D eigenvalue weighted by Gasteiger charge is -2.02. The van der Waals surface area contributed by atoms with Crippen LogP contribution in [0.1, 0.15) is 21.5 Å². The third-order valence-corrected chi connectivity index (χ3v) is 2.97. The van der Waals surface area contributed by atoms with Crippen LogP contribution >= 0.6 is 0 Å². The lowest BCUT2D eigenvalue weighted by Crippen LogP contribution is -1.96. The number of nitrogens with zero attached hydrogens (tertiary/aromatic N) is 1. The SMILES string of the molecule is Cc1ccc(O)c(C(=O)/C=C/c2ccccc2[N+](=O)[O-])c1. The summed E-state index contributed by atoms with van der Waals surface area (Å²) in [5, 5.41) is 20.6. The van der Waals surface area contributed by atoms with Crippen LogP contribution in [-0.2, 0) is 0 Å². The molecule has 0 bridgehead atoms. The van der Waals surface area contributed by atoms with Crippen LogP contribution in [0, 0.1) is 17.0 Å². The minimum absolute atomic E-state index is 0.0741. The number of carbonyl (C=O) groups excluding carboxylic acids is 1. The van der Waals surface area contributed by atoms with Crippen LogP contribution in [0.3, 0.4) is 0 Å². The number of aryl methyl sites for hydroxylation is 1. The zero-order valence-electron chi connectivity index (χ0n) is 11.3. The first-order valence-corrected chi connectivity index (χ1v) is 6.24. The monoisotopic (exact) mass is 283 g/mol. The summed E-state index contributed by atoms with van der Waals surface area (Å²) in [6.07, 6.45) is 2.60. The topological polar surface area (TPSA) is 80.4 Å². The van der Waals surface area contributed by atoms with Gasteiger partial charge in [0.15, 0.2) is 5.78 Å². The highest BCUT2D eigenvalue weighted by atomic mass is 16.6. The fourth-order valence-corrected chi connectivity index (χ4v) is 1.90. The molecule has 2 rings (SSSR count). The van der Waals surface area contributed by atoms with Crippen molar-refractivity contribution in [3.8, 4) is 5.75 Å². The maximum Gasteiger partial charge on any atom is 0.276 e. The highest BCUT2D eigenvalue weighted by Gasteiger charge is 2.11. The van der Waals surface area contributed by atoms with E-state index in [1.165, 1.54) is 24.3 Å². The van der Waals surface area contributed by atoms with Crippen LogP contribution in [0.2, 0.25) is 0 Å². The number of benzene rings is 2. The number of allylic oxidation sites excluding steroid dienone is 1. The lowest BCUT2D eigenvalue weighted by molar-refractivity contribution is -0.385. The van der Waals surface area contributed by atoms with Gasteiger partial charge in [0.25, 0.3) is 5.69 Å². The van der Waals surface area contributed by atoms with Crippen molar-refractivity contribution < 1.29 is 14.8 Å². The second-order valence-electron chi connectivity index (χ2n) is 4.53. The molecule has 0 heterocycles. The lowest BCUT2D eigenvalue weighted by atomic mass is 10.0. The Morgan fingerprint density at radius 3 is 2.67 bits per heavy atom. The van der Waals surface area contributed by atoms with Crippen LogP contribution in [0.15, 0.2) is 48.5 Å². The van der Waals surface area contributed by atoms with E-state index < -0.39 is 10.7 Å². The number of phenols is 1. The number of nitro benzene ring substituents is 1. The van der Waals surface area contributed by atoms with Gasteiger partial charge >= 0.3 is 0 Å². The van der Waals surface area contributed by atoms with E-state index in [9.17, 15) is 20.0 Å². The Labute approximate surface area is 121 Å². The molecule has 5 heteroatoms. The van der Waals surface area contributed by atoms with E-state index in [2.05, 4.69) is 0 Å². The Kier molecular flexibility index (Phi) is 4.13. The summed E-state index contributed by atoms with van der Waals surface area (Å²) >= 11 is 0. The minimum Gasteiger partial charge on any atom is -0.507 e. The second kappa shape index (κ2) is 6.00. The Hall–Kier alpha value is -2.95. The summed E-state index contributed by atoms with van der Waals surface area (Å²) in [6.45, 7) is 1.81. The molecule has 0 spiro atoms. The largest absolute Gasteiger partial charge is 0.507 e. The molecule has 106 valence electrons. The van der Waals surface area contributed by atoms with E-state index in [1.54, 1.807) is 30.3 Å². The molecule has 0 aliphatic heterocycles. The predicted octanol–water partition coefficient (Wildman–Crippen LogP) is 3.50. The number of aromatic hydroxyl groups is 1. The first kappa shape index (κ1) is 14.5. The number of ketones is 1. The summed E-state index contributed by atoms with van der Waals surface area (Å²) in [7, 11) is 0. The molecule has 21 heavy (non-hydrogen) atoms. The number of hydrogen-bond acceptors (Lipinski definition) is 4. The van der Waals surface area contributed by atoms with Crippen LogP contribution in [0.25, 0.3) is 6.08 Å².